The molecule has 0 radical (unpaired) electrons. The van der Waals surface area contributed by atoms with Gasteiger partial charge >= 0.3 is 0 Å². The zero-order valence-electron chi connectivity index (χ0n) is 16.1. The third-order valence-electron chi connectivity index (χ3n) is 4.95. The minimum atomic E-state index is 0.0474. The van der Waals surface area contributed by atoms with Crippen LogP contribution < -0.4 is 0 Å². The first-order valence-corrected chi connectivity index (χ1v) is 10.6. The molecule has 1 unspecified atom stereocenters. The van der Waals surface area contributed by atoms with Crippen LogP contribution in [0.25, 0.3) is 0 Å². The topological polar surface area (TPSA) is 25.2 Å². The maximum atomic E-state index is 13.2. The Balaban J connectivity index is 1.84. The molecule has 0 aliphatic carbocycles. The van der Waals surface area contributed by atoms with Crippen molar-refractivity contribution in [2.45, 2.75) is 39.4 Å². The Kier molecular flexibility index (Phi) is 6.97. The van der Waals surface area contributed by atoms with Gasteiger partial charge in [-0.2, -0.15) is 0 Å². The minimum Gasteiger partial charge on any atom is -0.345 e. The molecule has 0 aliphatic rings. The van der Waals surface area contributed by atoms with Crippen LogP contribution in [0.3, 0.4) is 0 Å². The average Bonchev–Trinajstić information content (AvgIpc) is 3.11. The van der Waals surface area contributed by atoms with Crippen molar-refractivity contribution in [3.63, 3.8) is 0 Å². The van der Waals surface area contributed by atoms with Gasteiger partial charge in [0.15, 0.2) is 0 Å². The summed E-state index contributed by atoms with van der Waals surface area (Å²) in [4.78, 5) is 15.2. The predicted octanol–water partition coefficient (Wildman–Crippen LogP) is 6.39. The fourth-order valence-corrected chi connectivity index (χ4v) is 3.80. The quantitative estimate of drug-likeness (QED) is 0.402. The van der Waals surface area contributed by atoms with E-state index in [9.17, 15) is 4.79 Å². The van der Waals surface area contributed by atoms with Crippen LogP contribution in [0.2, 0.25) is 5.02 Å². The van der Waals surface area contributed by atoms with Crippen LogP contribution in [0, 0.1) is 0 Å². The van der Waals surface area contributed by atoms with Crippen LogP contribution in [-0.2, 0) is 13.1 Å². The number of aromatic nitrogens is 1. The number of carbonyl (C=O) groups excluding carboxylic acids is 1. The molecule has 1 amide bonds. The molecule has 0 saturated heterocycles. The molecule has 0 aliphatic heterocycles. The van der Waals surface area contributed by atoms with E-state index in [0.29, 0.717) is 12.1 Å². The highest BCUT2D eigenvalue weighted by molar-refractivity contribution is 9.10. The smallest absolute Gasteiger partial charge is 0.254 e. The molecule has 0 saturated carbocycles. The van der Waals surface area contributed by atoms with E-state index in [1.54, 1.807) is 0 Å². The normalized spacial score (nSPS) is 12.0. The molecule has 3 aromatic rings. The Bertz CT molecular complexity index is 953. The summed E-state index contributed by atoms with van der Waals surface area (Å²) in [7, 11) is 0. The van der Waals surface area contributed by atoms with Gasteiger partial charge in [0.1, 0.15) is 0 Å². The predicted molar refractivity (Wildman–Crippen MR) is 119 cm³/mol. The molecule has 5 heteroatoms. The van der Waals surface area contributed by atoms with Gasteiger partial charge < -0.3 is 9.47 Å². The molecule has 0 spiro atoms. The summed E-state index contributed by atoms with van der Waals surface area (Å²) in [6.45, 7) is 5.49. The Morgan fingerprint density at radius 3 is 2.64 bits per heavy atom. The first-order valence-electron chi connectivity index (χ1n) is 9.43. The fraction of sp³-hybridized carbons (Fsp3) is 0.261. The maximum absolute atomic E-state index is 13.2. The minimum absolute atomic E-state index is 0.0474. The van der Waals surface area contributed by atoms with Crippen molar-refractivity contribution in [3.8, 4) is 0 Å². The molecule has 28 heavy (non-hydrogen) atoms. The van der Waals surface area contributed by atoms with Gasteiger partial charge in [0.2, 0.25) is 0 Å². The van der Waals surface area contributed by atoms with Crippen molar-refractivity contribution in [1.82, 2.24) is 9.47 Å². The number of nitrogens with zero attached hydrogens (tertiary/aromatic N) is 2. The van der Waals surface area contributed by atoms with Crippen LogP contribution >= 0.6 is 27.5 Å². The van der Waals surface area contributed by atoms with E-state index in [-0.39, 0.29) is 11.9 Å². The fourth-order valence-electron chi connectivity index (χ4n) is 3.19. The highest BCUT2D eigenvalue weighted by atomic mass is 79.9. The van der Waals surface area contributed by atoms with Crippen LogP contribution in [0.5, 0.6) is 0 Å². The monoisotopic (exact) mass is 458 g/mol. The summed E-state index contributed by atoms with van der Waals surface area (Å²) < 4.78 is 3.08. The maximum Gasteiger partial charge on any atom is 0.254 e. The molecule has 0 fully saturated rings. The van der Waals surface area contributed by atoms with E-state index in [1.165, 1.54) is 0 Å². The van der Waals surface area contributed by atoms with Gasteiger partial charge in [0.05, 0.1) is 6.54 Å². The second-order valence-electron chi connectivity index (χ2n) is 6.96. The van der Waals surface area contributed by atoms with Crippen molar-refractivity contribution in [2.24, 2.45) is 0 Å². The summed E-state index contributed by atoms with van der Waals surface area (Å²) in [6, 6.07) is 19.7. The van der Waals surface area contributed by atoms with E-state index in [1.807, 2.05) is 53.4 Å². The van der Waals surface area contributed by atoms with E-state index in [4.69, 9.17) is 11.6 Å². The molecule has 3 nitrogen and oxygen atoms in total. The van der Waals surface area contributed by atoms with Crippen LogP contribution in [0.1, 0.15) is 41.9 Å². The van der Waals surface area contributed by atoms with Gasteiger partial charge in [0, 0.05) is 39.5 Å². The second-order valence-corrected chi connectivity index (χ2v) is 8.31. The van der Waals surface area contributed by atoms with E-state index < -0.39 is 0 Å². The average molecular weight is 460 g/mol. The third-order valence-corrected chi connectivity index (χ3v) is 5.68. The van der Waals surface area contributed by atoms with Crippen LogP contribution in [-0.4, -0.2) is 21.4 Å². The summed E-state index contributed by atoms with van der Waals surface area (Å²) >= 11 is 9.59. The number of hydrogen-bond donors (Lipinski definition) is 0. The third kappa shape index (κ3) is 5.06. The summed E-state index contributed by atoms with van der Waals surface area (Å²) in [5.41, 5.74) is 2.93. The highest BCUT2D eigenvalue weighted by Gasteiger charge is 2.22. The van der Waals surface area contributed by atoms with E-state index in [0.717, 1.165) is 33.7 Å². The zero-order chi connectivity index (χ0) is 20.1. The van der Waals surface area contributed by atoms with Crippen molar-refractivity contribution in [1.29, 1.82) is 0 Å². The number of amides is 1. The molecule has 3 rings (SSSR count). The lowest BCUT2D eigenvalue weighted by Crippen LogP contribution is -2.38. The highest BCUT2D eigenvalue weighted by Crippen LogP contribution is 2.20. The van der Waals surface area contributed by atoms with Gasteiger partial charge in [-0.3, -0.25) is 4.79 Å². The molecular weight excluding hydrogens is 436 g/mol. The number of rotatable bonds is 7. The second kappa shape index (κ2) is 9.44. The molecule has 1 aromatic heterocycles. The summed E-state index contributed by atoms with van der Waals surface area (Å²) in [6.07, 6.45) is 2.95. The van der Waals surface area contributed by atoms with Gasteiger partial charge in [-0.15, -0.1) is 0 Å². The largest absolute Gasteiger partial charge is 0.345 e. The van der Waals surface area contributed by atoms with E-state index >= 15 is 0 Å². The van der Waals surface area contributed by atoms with Crippen molar-refractivity contribution >= 4 is 33.4 Å². The van der Waals surface area contributed by atoms with Crippen LogP contribution in [0.15, 0.2) is 71.3 Å². The first-order chi connectivity index (χ1) is 13.5. The van der Waals surface area contributed by atoms with Gasteiger partial charge in [-0.25, -0.2) is 0 Å². The number of benzene rings is 2. The lowest BCUT2D eigenvalue weighted by atomic mass is 10.1. The zero-order valence-corrected chi connectivity index (χ0v) is 18.5. The Hall–Kier alpha value is -2.04. The number of halogens is 2. The molecule has 1 heterocycles. The lowest BCUT2D eigenvalue weighted by molar-refractivity contribution is 0.0667. The first kappa shape index (κ1) is 20.7. The summed E-state index contributed by atoms with van der Waals surface area (Å²) in [5, 5.41) is 0.734. The Morgan fingerprint density at radius 1 is 1.14 bits per heavy atom. The van der Waals surface area contributed by atoms with Crippen LogP contribution in [0.4, 0.5) is 0 Å². The molecule has 0 N–H and O–H groups in total. The van der Waals surface area contributed by atoms with Gasteiger partial charge in [-0.1, -0.05) is 52.7 Å². The van der Waals surface area contributed by atoms with Crippen molar-refractivity contribution in [3.05, 3.63) is 93.2 Å². The summed E-state index contributed by atoms with van der Waals surface area (Å²) in [5.74, 6) is 0.0474. The van der Waals surface area contributed by atoms with Gasteiger partial charge in [-0.05, 0) is 61.4 Å². The Labute approximate surface area is 180 Å². The molecule has 146 valence electrons. The Morgan fingerprint density at radius 2 is 1.93 bits per heavy atom. The number of hydrogen-bond acceptors (Lipinski definition) is 1. The molecule has 2 aromatic carbocycles. The number of carbonyl (C=O) groups is 1. The lowest BCUT2D eigenvalue weighted by Gasteiger charge is -2.29. The van der Waals surface area contributed by atoms with E-state index in [2.05, 4.69) is 52.7 Å². The van der Waals surface area contributed by atoms with Crippen molar-refractivity contribution < 1.29 is 4.79 Å². The molecule has 1 atom stereocenters. The molecule has 0 bridgehead atoms. The molecular formula is C23H24BrClN2O. The van der Waals surface area contributed by atoms with Crippen molar-refractivity contribution in [2.75, 3.05) is 0 Å². The SMILES string of the molecule is CCC(C)N(Cc1cccn1Cc1cccc(Cl)c1)C(=O)c1cccc(Br)c1. The standard InChI is InChI=1S/C23H24BrClN2O/c1-3-17(2)27(23(28)19-8-5-9-20(24)14-19)16-22-11-6-12-26(22)15-18-7-4-10-21(25)13-18/h4-14,17H,3,15-16H2,1-2H3. The van der Waals surface area contributed by atoms with Gasteiger partial charge in [0.25, 0.3) is 5.91 Å².